The molecular weight excluding hydrogens is 266 g/mol. The van der Waals surface area contributed by atoms with Gasteiger partial charge in [0, 0.05) is 25.0 Å². The fourth-order valence-corrected chi connectivity index (χ4v) is 3.18. The van der Waals surface area contributed by atoms with Gasteiger partial charge in [0.15, 0.2) is 5.13 Å². The van der Waals surface area contributed by atoms with E-state index in [0.717, 1.165) is 24.5 Å². The SMILES string of the molecule is CCCc1nc(N(C)Cc2ccccc2C)sc1CN. The highest BCUT2D eigenvalue weighted by atomic mass is 32.1. The van der Waals surface area contributed by atoms with Crippen LogP contribution in [0.1, 0.15) is 35.0 Å². The average molecular weight is 289 g/mol. The average Bonchev–Trinajstić information content (AvgIpc) is 2.85. The summed E-state index contributed by atoms with van der Waals surface area (Å²) in [5, 5.41) is 1.07. The fourth-order valence-electron chi connectivity index (χ4n) is 2.24. The molecule has 1 aromatic heterocycles. The maximum Gasteiger partial charge on any atom is 0.185 e. The zero-order valence-electron chi connectivity index (χ0n) is 12.5. The summed E-state index contributed by atoms with van der Waals surface area (Å²) in [6, 6.07) is 8.50. The molecular formula is C16H23N3S. The van der Waals surface area contributed by atoms with E-state index in [9.17, 15) is 0 Å². The minimum atomic E-state index is 0.588. The lowest BCUT2D eigenvalue weighted by atomic mass is 10.1. The van der Waals surface area contributed by atoms with Gasteiger partial charge in [-0.1, -0.05) is 37.6 Å². The maximum absolute atomic E-state index is 5.82. The third-order valence-electron chi connectivity index (χ3n) is 3.43. The molecule has 108 valence electrons. The van der Waals surface area contributed by atoms with Crippen LogP contribution in [0.5, 0.6) is 0 Å². The molecule has 0 aliphatic rings. The molecule has 0 saturated carbocycles. The normalized spacial score (nSPS) is 10.8. The fraction of sp³-hybridized carbons (Fsp3) is 0.438. The standard InChI is InChI=1S/C16H23N3S/c1-4-7-14-15(10-17)20-16(18-14)19(3)11-13-9-6-5-8-12(13)2/h5-6,8-9H,4,7,10-11,17H2,1-3H3. The van der Waals surface area contributed by atoms with Crippen molar-refractivity contribution in [2.45, 2.75) is 39.8 Å². The predicted molar refractivity (Wildman–Crippen MR) is 87.3 cm³/mol. The predicted octanol–water partition coefficient (Wildman–Crippen LogP) is 3.50. The molecule has 3 nitrogen and oxygen atoms in total. The summed E-state index contributed by atoms with van der Waals surface area (Å²) >= 11 is 1.72. The number of aryl methyl sites for hydroxylation is 2. The van der Waals surface area contributed by atoms with Crippen LogP contribution in [0.25, 0.3) is 0 Å². The van der Waals surface area contributed by atoms with Crippen LogP contribution in [0.15, 0.2) is 24.3 Å². The minimum Gasteiger partial charge on any atom is -0.347 e. The van der Waals surface area contributed by atoms with E-state index >= 15 is 0 Å². The zero-order valence-corrected chi connectivity index (χ0v) is 13.3. The van der Waals surface area contributed by atoms with Gasteiger partial charge >= 0.3 is 0 Å². The van der Waals surface area contributed by atoms with Gasteiger partial charge in [0.25, 0.3) is 0 Å². The molecule has 0 fully saturated rings. The molecule has 0 radical (unpaired) electrons. The number of benzene rings is 1. The van der Waals surface area contributed by atoms with Crippen LogP contribution in [0.4, 0.5) is 5.13 Å². The van der Waals surface area contributed by atoms with Gasteiger partial charge in [0.2, 0.25) is 0 Å². The topological polar surface area (TPSA) is 42.2 Å². The molecule has 0 atom stereocenters. The highest BCUT2D eigenvalue weighted by molar-refractivity contribution is 7.15. The molecule has 0 bridgehead atoms. The summed E-state index contributed by atoms with van der Waals surface area (Å²) in [7, 11) is 2.10. The van der Waals surface area contributed by atoms with Crippen molar-refractivity contribution in [1.82, 2.24) is 4.98 Å². The Morgan fingerprint density at radius 3 is 2.70 bits per heavy atom. The van der Waals surface area contributed by atoms with Crippen LogP contribution < -0.4 is 10.6 Å². The van der Waals surface area contributed by atoms with Crippen LogP contribution in [0, 0.1) is 6.92 Å². The van der Waals surface area contributed by atoms with E-state index in [1.807, 2.05) is 0 Å². The summed E-state index contributed by atoms with van der Waals surface area (Å²) in [6.07, 6.45) is 2.12. The molecule has 4 heteroatoms. The second-order valence-electron chi connectivity index (χ2n) is 5.10. The van der Waals surface area contributed by atoms with Crippen molar-refractivity contribution in [1.29, 1.82) is 0 Å². The molecule has 0 aliphatic carbocycles. The van der Waals surface area contributed by atoms with Crippen LogP contribution in [0.3, 0.4) is 0 Å². The maximum atomic E-state index is 5.82. The summed E-state index contributed by atoms with van der Waals surface area (Å²) in [4.78, 5) is 8.20. The smallest absolute Gasteiger partial charge is 0.185 e. The van der Waals surface area contributed by atoms with Gasteiger partial charge in [-0.25, -0.2) is 4.98 Å². The van der Waals surface area contributed by atoms with Gasteiger partial charge in [0.05, 0.1) is 5.69 Å². The van der Waals surface area contributed by atoms with E-state index in [1.165, 1.54) is 21.7 Å². The third kappa shape index (κ3) is 3.38. The van der Waals surface area contributed by atoms with Crippen LogP contribution in [-0.2, 0) is 19.5 Å². The number of nitrogens with two attached hydrogens (primary N) is 1. The summed E-state index contributed by atoms with van der Waals surface area (Å²) in [5.41, 5.74) is 9.66. The molecule has 2 N–H and O–H groups in total. The second kappa shape index (κ2) is 6.86. The van der Waals surface area contributed by atoms with Crippen molar-refractivity contribution in [2.24, 2.45) is 5.73 Å². The number of nitrogens with zero attached hydrogens (tertiary/aromatic N) is 2. The van der Waals surface area contributed by atoms with Crippen LogP contribution >= 0.6 is 11.3 Å². The Morgan fingerprint density at radius 1 is 1.30 bits per heavy atom. The second-order valence-corrected chi connectivity index (χ2v) is 6.17. The van der Waals surface area contributed by atoms with Gasteiger partial charge in [-0.15, -0.1) is 11.3 Å². The van der Waals surface area contributed by atoms with Crippen molar-refractivity contribution in [3.05, 3.63) is 46.0 Å². The number of aromatic nitrogens is 1. The van der Waals surface area contributed by atoms with E-state index in [0.29, 0.717) is 6.54 Å². The van der Waals surface area contributed by atoms with Crippen molar-refractivity contribution in [2.75, 3.05) is 11.9 Å². The Hall–Kier alpha value is -1.39. The zero-order chi connectivity index (χ0) is 14.5. The first-order valence-corrected chi connectivity index (χ1v) is 7.91. The number of hydrogen-bond donors (Lipinski definition) is 1. The summed E-state index contributed by atoms with van der Waals surface area (Å²) in [5.74, 6) is 0. The lowest BCUT2D eigenvalue weighted by Gasteiger charge is -2.17. The monoisotopic (exact) mass is 289 g/mol. The Kier molecular flexibility index (Phi) is 5.15. The molecule has 1 heterocycles. The number of anilines is 1. The summed E-state index contributed by atoms with van der Waals surface area (Å²) < 4.78 is 0. The van der Waals surface area contributed by atoms with Crippen LogP contribution in [0.2, 0.25) is 0 Å². The van der Waals surface area contributed by atoms with Crippen LogP contribution in [-0.4, -0.2) is 12.0 Å². The van der Waals surface area contributed by atoms with E-state index in [4.69, 9.17) is 10.7 Å². The van der Waals surface area contributed by atoms with E-state index in [2.05, 4.69) is 50.1 Å². The number of rotatable bonds is 6. The highest BCUT2D eigenvalue weighted by Crippen LogP contribution is 2.27. The van der Waals surface area contributed by atoms with Crippen molar-refractivity contribution in [3.8, 4) is 0 Å². The summed E-state index contributed by atoms with van der Waals surface area (Å²) in [6.45, 7) is 5.80. The Bertz CT molecular complexity index is 563. The molecule has 0 amide bonds. The quantitative estimate of drug-likeness (QED) is 0.885. The lowest BCUT2D eigenvalue weighted by molar-refractivity contribution is 0.853. The molecule has 20 heavy (non-hydrogen) atoms. The van der Waals surface area contributed by atoms with Crippen molar-refractivity contribution in [3.63, 3.8) is 0 Å². The van der Waals surface area contributed by atoms with Crippen molar-refractivity contribution < 1.29 is 0 Å². The van der Waals surface area contributed by atoms with Gasteiger partial charge in [0.1, 0.15) is 0 Å². The molecule has 0 spiro atoms. The number of thiazole rings is 1. The Balaban J connectivity index is 2.17. The first kappa shape index (κ1) is 15.0. The van der Waals surface area contributed by atoms with E-state index < -0.39 is 0 Å². The molecule has 0 aliphatic heterocycles. The molecule has 0 saturated heterocycles. The lowest BCUT2D eigenvalue weighted by Crippen LogP contribution is -2.16. The number of hydrogen-bond acceptors (Lipinski definition) is 4. The highest BCUT2D eigenvalue weighted by Gasteiger charge is 2.13. The van der Waals surface area contributed by atoms with Crippen molar-refractivity contribution >= 4 is 16.5 Å². The largest absolute Gasteiger partial charge is 0.347 e. The first-order chi connectivity index (χ1) is 9.65. The van der Waals surface area contributed by atoms with Gasteiger partial charge in [-0.3, -0.25) is 0 Å². The molecule has 2 aromatic rings. The first-order valence-electron chi connectivity index (χ1n) is 7.10. The Morgan fingerprint density at radius 2 is 2.05 bits per heavy atom. The van der Waals surface area contributed by atoms with Gasteiger partial charge < -0.3 is 10.6 Å². The van der Waals surface area contributed by atoms with E-state index in [-0.39, 0.29) is 0 Å². The molecule has 1 aromatic carbocycles. The third-order valence-corrected chi connectivity index (χ3v) is 4.67. The Labute approximate surface area is 125 Å². The van der Waals surface area contributed by atoms with Gasteiger partial charge in [-0.05, 0) is 24.5 Å². The minimum absolute atomic E-state index is 0.588. The molecule has 0 unspecified atom stereocenters. The molecule has 2 rings (SSSR count). The van der Waals surface area contributed by atoms with Gasteiger partial charge in [-0.2, -0.15) is 0 Å². The van der Waals surface area contributed by atoms with E-state index in [1.54, 1.807) is 11.3 Å².